The summed E-state index contributed by atoms with van der Waals surface area (Å²) in [7, 11) is 1.59. The standard InChI is InChI=1S/C16H22N2O4/c1-11(12-6-3-4-8-14(12)22-2)17-15(19)10-18-9-5-7-13(18)16(20)21/h3-4,6,8,11,13H,5,7,9-10H2,1-2H3,(H,17,19)(H,20,21)/t11-,13+/m0/s1. The SMILES string of the molecule is COc1ccccc1[C@H](C)NC(=O)CN1CCC[C@@H]1C(=O)O. The summed E-state index contributed by atoms with van der Waals surface area (Å²) in [5.74, 6) is -0.311. The molecule has 1 aliphatic heterocycles. The van der Waals surface area contributed by atoms with Crippen molar-refractivity contribution < 1.29 is 19.4 Å². The van der Waals surface area contributed by atoms with Gasteiger partial charge in [0.05, 0.1) is 19.7 Å². The lowest BCUT2D eigenvalue weighted by atomic mass is 10.1. The van der Waals surface area contributed by atoms with Crippen molar-refractivity contribution in [1.82, 2.24) is 10.2 Å². The van der Waals surface area contributed by atoms with Gasteiger partial charge in [-0.2, -0.15) is 0 Å². The fourth-order valence-corrected chi connectivity index (χ4v) is 2.87. The number of carbonyl (C=O) groups is 2. The summed E-state index contributed by atoms with van der Waals surface area (Å²) < 4.78 is 5.29. The third-order valence-corrected chi connectivity index (χ3v) is 3.98. The first-order chi connectivity index (χ1) is 10.5. The molecule has 6 nitrogen and oxygen atoms in total. The second kappa shape index (κ2) is 7.26. The van der Waals surface area contributed by atoms with Crippen LogP contribution in [0.4, 0.5) is 0 Å². The molecule has 120 valence electrons. The average Bonchev–Trinajstić information content (AvgIpc) is 2.95. The number of methoxy groups -OCH3 is 1. The van der Waals surface area contributed by atoms with E-state index in [1.54, 1.807) is 12.0 Å². The van der Waals surface area contributed by atoms with E-state index in [1.165, 1.54) is 0 Å². The monoisotopic (exact) mass is 306 g/mol. The third kappa shape index (κ3) is 3.76. The van der Waals surface area contributed by atoms with Gasteiger partial charge in [-0.3, -0.25) is 14.5 Å². The zero-order valence-electron chi connectivity index (χ0n) is 12.9. The van der Waals surface area contributed by atoms with E-state index in [9.17, 15) is 9.59 Å². The third-order valence-electron chi connectivity index (χ3n) is 3.98. The highest BCUT2D eigenvalue weighted by Crippen LogP contribution is 2.24. The van der Waals surface area contributed by atoms with Crippen LogP contribution >= 0.6 is 0 Å². The molecule has 2 atom stereocenters. The molecule has 0 unspecified atom stereocenters. The smallest absolute Gasteiger partial charge is 0.320 e. The van der Waals surface area contributed by atoms with Gasteiger partial charge in [-0.1, -0.05) is 18.2 Å². The van der Waals surface area contributed by atoms with E-state index < -0.39 is 12.0 Å². The van der Waals surface area contributed by atoms with Crippen LogP contribution in [0.1, 0.15) is 31.4 Å². The molecule has 1 fully saturated rings. The predicted molar refractivity (Wildman–Crippen MR) is 81.8 cm³/mol. The van der Waals surface area contributed by atoms with Crippen molar-refractivity contribution in [3.8, 4) is 5.75 Å². The van der Waals surface area contributed by atoms with Gasteiger partial charge in [0.1, 0.15) is 11.8 Å². The van der Waals surface area contributed by atoms with Crippen LogP contribution in [0.2, 0.25) is 0 Å². The maximum Gasteiger partial charge on any atom is 0.320 e. The molecule has 0 aliphatic carbocycles. The molecular formula is C16H22N2O4. The summed E-state index contributed by atoms with van der Waals surface area (Å²) in [6, 6.07) is 6.76. The van der Waals surface area contributed by atoms with Gasteiger partial charge >= 0.3 is 5.97 Å². The van der Waals surface area contributed by atoms with Crippen LogP contribution in [-0.2, 0) is 9.59 Å². The van der Waals surface area contributed by atoms with Crippen LogP contribution in [0.3, 0.4) is 0 Å². The number of nitrogens with zero attached hydrogens (tertiary/aromatic N) is 1. The van der Waals surface area contributed by atoms with Crippen LogP contribution < -0.4 is 10.1 Å². The lowest BCUT2D eigenvalue weighted by Crippen LogP contribution is -2.43. The number of carboxylic acid groups (broad SMARTS) is 1. The highest BCUT2D eigenvalue weighted by atomic mass is 16.5. The predicted octanol–water partition coefficient (Wildman–Crippen LogP) is 1.42. The normalized spacial score (nSPS) is 19.6. The molecule has 1 aliphatic rings. The molecule has 6 heteroatoms. The number of para-hydroxylation sites is 1. The lowest BCUT2D eigenvalue weighted by molar-refractivity contribution is -0.142. The van der Waals surface area contributed by atoms with Crippen LogP contribution in [0.5, 0.6) is 5.75 Å². The molecule has 0 aromatic heterocycles. The Balaban J connectivity index is 1.95. The number of hydrogen-bond acceptors (Lipinski definition) is 4. The average molecular weight is 306 g/mol. The summed E-state index contributed by atoms with van der Waals surface area (Å²) in [6.45, 7) is 2.64. The Morgan fingerprint density at radius 1 is 1.45 bits per heavy atom. The van der Waals surface area contributed by atoms with Crippen LogP contribution in [0.25, 0.3) is 0 Å². The summed E-state index contributed by atoms with van der Waals surface area (Å²) in [5.41, 5.74) is 0.898. The number of rotatable bonds is 6. The van der Waals surface area contributed by atoms with Gasteiger partial charge in [0.25, 0.3) is 0 Å². The van der Waals surface area contributed by atoms with E-state index >= 15 is 0 Å². The number of likely N-dealkylation sites (tertiary alicyclic amines) is 1. The summed E-state index contributed by atoms with van der Waals surface area (Å²) in [4.78, 5) is 25.0. The highest BCUT2D eigenvalue weighted by Gasteiger charge is 2.31. The Kier molecular flexibility index (Phi) is 5.38. The van der Waals surface area contributed by atoms with Gasteiger partial charge in [-0.05, 0) is 32.4 Å². The largest absolute Gasteiger partial charge is 0.496 e. The van der Waals surface area contributed by atoms with Gasteiger partial charge in [0.2, 0.25) is 5.91 Å². The molecule has 0 bridgehead atoms. The molecule has 22 heavy (non-hydrogen) atoms. The van der Waals surface area contributed by atoms with E-state index in [1.807, 2.05) is 31.2 Å². The first-order valence-electron chi connectivity index (χ1n) is 7.42. The van der Waals surface area contributed by atoms with Crippen molar-refractivity contribution >= 4 is 11.9 Å². The van der Waals surface area contributed by atoms with Gasteiger partial charge in [-0.15, -0.1) is 0 Å². The van der Waals surface area contributed by atoms with Crippen LogP contribution in [-0.4, -0.2) is 48.1 Å². The minimum absolute atomic E-state index is 0.108. The van der Waals surface area contributed by atoms with Gasteiger partial charge in [0.15, 0.2) is 0 Å². The number of hydrogen-bond donors (Lipinski definition) is 2. The molecule has 1 heterocycles. The fraction of sp³-hybridized carbons (Fsp3) is 0.500. The number of ether oxygens (including phenoxy) is 1. The second-order valence-corrected chi connectivity index (χ2v) is 5.50. The van der Waals surface area contributed by atoms with E-state index in [2.05, 4.69) is 5.32 Å². The molecule has 2 rings (SSSR count). The molecule has 0 radical (unpaired) electrons. The minimum Gasteiger partial charge on any atom is -0.496 e. The number of carboxylic acids is 1. The number of benzene rings is 1. The molecule has 0 spiro atoms. The summed E-state index contributed by atoms with van der Waals surface area (Å²) >= 11 is 0. The molecule has 1 aromatic rings. The summed E-state index contributed by atoms with van der Waals surface area (Å²) in [5, 5.41) is 12.0. The number of carbonyl (C=O) groups excluding carboxylic acids is 1. The Labute approximate surface area is 130 Å². The lowest BCUT2D eigenvalue weighted by Gasteiger charge is -2.22. The van der Waals surface area contributed by atoms with Crippen molar-refractivity contribution in [3.05, 3.63) is 29.8 Å². The first-order valence-corrected chi connectivity index (χ1v) is 7.42. The topological polar surface area (TPSA) is 78.9 Å². The minimum atomic E-state index is -0.858. The Bertz CT molecular complexity index is 547. The van der Waals surface area contributed by atoms with Crippen molar-refractivity contribution in [3.63, 3.8) is 0 Å². The molecule has 1 aromatic carbocycles. The number of amides is 1. The van der Waals surface area contributed by atoms with Crippen LogP contribution in [0, 0.1) is 0 Å². The maximum absolute atomic E-state index is 12.2. The zero-order valence-corrected chi connectivity index (χ0v) is 12.9. The van der Waals surface area contributed by atoms with E-state index in [4.69, 9.17) is 9.84 Å². The van der Waals surface area contributed by atoms with Crippen molar-refractivity contribution in [1.29, 1.82) is 0 Å². The van der Waals surface area contributed by atoms with Gasteiger partial charge in [-0.25, -0.2) is 0 Å². The fourth-order valence-electron chi connectivity index (χ4n) is 2.87. The summed E-state index contributed by atoms with van der Waals surface area (Å²) in [6.07, 6.45) is 1.41. The van der Waals surface area contributed by atoms with Crippen molar-refractivity contribution in [2.24, 2.45) is 0 Å². The molecule has 2 N–H and O–H groups in total. The Hall–Kier alpha value is -2.08. The first kappa shape index (κ1) is 16.3. The Morgan fingerprint density at radius 2 is 2.18 bits per heavy atom. The number of nitrogens with one attached hydrogen (secondary N) is 1. The Morgan fingerprint density at radius 3 is 2.86 bits per heavy atom. The second-order valence-electron chi connectivity index (χ2n) is 5.50. The molecule has 1 amide bonds. The van der Waals surface area contributed by atoms with Crippen LogP contribution in [0.15, 0.2) is 24.3 Å². The maximum atomic E-state index is 12.2. The van der Waals surface area contributed by atoms with Gasteiger partial charge in [0, 0.05) is 5.56 Å². The molecular weight excluding hydrogens is 284 g/mol. The van der Waals surface area contributed by atoms with Crippen molar-refractivity contribution in [2.45, 2.75) is 31.8 Å². The number of aliphatic carboxylic acids is 1. The van der Waals surface area contributed by atoms with E-state index in [-0.39, 0.29) is 18.5 Å². The highest BCUT2D eigenvalue weighted by molar-refractivity contribution is 5.80. The van der Waals surface area contributed by atoms with E-state index in [0.29, 0.717) is 13.0 Å². The van der Waals surface area contributed by atoms with Gasteiger partial charge < -0.3 is 15.2 Å². The molecule has 1 saturated heterocycles. The molecule has 0 saturated carbocycles. The zero-order chi connectivity index (χ0) is 16.1. The van der Waals surface area contributed by atoms with Crippen molar-refractivity contribution in [2.75, 3.05) is 20.2 Å². The van der Waals surface area contributed by atoms with E-state index in [0.717, 1.165) is 17.7 Å². The quantitative estimate of drug-likeness (QED) is 0.831.